The summed E-state index contributed by atoms with van der Waals surface area (Å²) < 4.78 is 13.9. The van der Waals surface area contributed by atoms with Crippen LogP contribution in [0.15, 0.2) is 12.1 Å². The Bertz CT molecular complexity index is 504. The highest BCUT2D eigenvalue weighted by atomic mass is 19.1. The minimum Gasteiger partial charge on any atom is -0.478 e. The quantitative estimate of drug-likeness (QED) is 0.842. The van der Waals surface area contributed by atoms with Crippen LogP contribution in [0.5, 0.6) is 0 Å². The summed E-state index contributed by atoms with van der Waals surface area (Å²) in [7, 11) is 0. The lowest BCUT2D eigenvalue weighted by atomic mass is 9.92. The summed E-state index contributed by atoms with van der Waals surface area (Å²) in [6.07, 6.45) is 2.85. The molecular weight excluding hydrogens is 223 g/mol. The number of anilines is 1. The maximum absolute atomic E-state index is 13.9. The number of nitrogens with zero attached hydrogens (tertiary/aromatic N) is 1. The Morgan fingerprint density at radius 1 is 1.53 bits per heavy atom. The van der Waals surface area contributed by atoms with Gasteiger partial charge in [0.2, 0.25) is 0 Å². The molecule has 17 heavy (non-hydrogen) atoms. The molecule has 4 nitrogen and oxygen atoms in total. The van der Waals surface area contributed by atoms with E-state index < -0.39 is 11.8 Å². The van der Waals surface area contributed by atoms with Gasteiger partial charge in [-0.2, -0.15) is 5.26 Å². The topological polar surface area (TPSA) is 73.1 Å². The average Bonchev–Trinajstić information content (AvgIpc) is 2.24. The number of halogens is 1. The molecule has 1 saturated carbocycles. The van der Waals surface area contributed by atoms with E-state index >= 15 is 0 Å². The molecule has 0 bridgehead atoms. The smallest absolute Gasteiger partial charge is 0.337 e. The molecule has 0 spiro atoms. The third-order valence-corrected chi connectivity index (χ3v) is 2.95. The first-order valence-electron chi connectivity index (χ1n) is 5.36. The summed E-state index contributed by atoms with van der Waals surface area (Å²) in [4.78, 5) is 11.0. The molecule has 5 heteroatoms. The monoisotopic (exact) mass is 234 g/mol. The van der Waals surface area contributed by atoms with Crippen LogP contribution < -0.4 is 5.32 Å². The first kappa shape index (κ1) is 11.4. The van der Waals surface area contributed by atoms with Crippen molar-refractivity contribution in [3.8, 4) is 6.07 Å². The van der Waals surface area contributed by atoms with Crippen molar-refractivity contribution >= 4 is 11.7 Å². The van der Waals surface area contributed by atoms with Crippen LogP contribution in [-0.4, -0.2) is 17.1 Å². The van der Waals surface area contributed by atoms with Crippen molar-refractivity contribution in [1.29, 1.82) is 5.26 Å². The number of carboxylic acids is 1. The Labute approximate surface area is 97.7 Å². The third kappa shape index (κ3) is 2.07. The van der Waals surface area contributed by atoms with Crippen molar-refractivity contribution in [2.75, 3.05) is 5.32 Å². The molecule has 0 amide bonds. The van der Waals surface area contributed by atoms with Gasteiger partial charge in [-0.3, -0.25) is 0 Å². The fourth-order valence-electron chi connectivity index (χ4n) is 1.74. The van der Waals surface area contributed by atoms with Crippen molar-refractivity contribution in [1.82, 2.24) is 0 Å². The number of nitriles is 1. The second kappa shape index (κ2) is 4.42. The summed E-state index contributed by atoms with van der Waals surface area (Å²) in [6, 6.07) is 4.25. The molecule has 2 N–H and O–H groups in total. The first-order chi connectivity index (χ1) is 8.13. The number of hydrogen-bond donors (Lipinski definition) is 2. The van der Waals surface area contributed by atoms with Gasteiger partial charge in [-0.1, -0.05) is 0 Å². The van der Waals surface area contributed by atoms with Crippen LogP contribution in [0.3, 0.4) is 0 Å². The van der Waals surface area contributed by atoms with E-state index in [1.165, 1.54) is 12.1 Å². The van der Waals surface area contributed by atoms with E-state index in [2.05, 4.69) is 5.32 Å². The van der Waals surface area contributed by atoms with Crippen LogP contribution in [0.1, 0.15) is 35.2 Å². The normalized spacial score (nSPS) is 14.8. The number of aromatic carboxylic acids is 1. The molecule has 2 rings (SSSR count). The molecule has 1 fully saturated rings. The van der Waals surface area contributed by atoms with E-state index in [-0.39, 0.29) is 22.9 Å². The maximum atomic E-state index is 13.9. The molecule has 88 valence electrons. The fourth-order valence-corrected chi connectivity index (χ4v) is 1.74. The molecule has 1 aromatic rings. The minimum absolute atomic E-state index is 0.0683. The Kier molecular flexibility index (Phi) is 2.96. The Hall–Kier alpha value is -2.09. The predicted octanol–water partition coefficient (Wildman–Crippen LogP) is 2.36. The number of carboxylic acid groups (broad SMARTS) is 1. The first-order valence-corrected chi connectivity index (χ1v) is 5.36. The van der Waals surface area contributed by atoms with Crippen LogP contribution >= 0.6 is 0 Å². The zero-order valence-electron chi connectivity index (χ0n) is 9.03. The van der Waals surface area contributed by atoms with Gasteiger partial charge >= 0.3 is 5.97 Å². The van der Waals surface area contributed by atoms with E-state index in [0.717, 1.165) is 19.3 Å². The summed E-state index contributed by atoms with van der Waals surface area (Å²) in [6.45, 7) is 0. The van der Waals surface area contributed by atoms with Crippen molar-refractivity contribution in [2.24, 2.45) is 0 Å². The second-order valence-corrected chi connectivity index (χ2v) is 4.04. The highest BCUT2D eigenvalue weighted by molar-refractivity contribution is 5.94. The number of benzene rings is 1. The summed E-state index contributed by atoms with van der Waals surface area (Å²) >= 11 is 0. The average molecular weight is 234 g/mol. The molecule has 0 atom stereocenters. The third-order valence-electron chi connectivity index (χ3n) is 2.95. The summed E-state index contributed by atoms with van der Waals surface area (Å²) in [5.74, 6) is -1.98. The molecule has 0 aromatic heterocycles. The molecule has 1 aromatic carbocycles. The van der Waals surface area contributed by atoms with E-state index in [4.69, 9.17) is 10.4 Å². The predicted molar refractivity (Wildman–Crippen MR) is 59.3 cm³/mol. The van der Waals surface area contributed by atoms with Gasteiger partial charge in [0.05, 0.1) is 16.8 Å². The Morgan fingerprint density at radius 2 is 2.24 bits per heavy atom. The van der Waals surface area contributed by atoms with Crippen molar-refractivity contribution < 1.29 is 14.3 Å². The molecule has 0 aliphatic heterocycles. The number of rotatable bonds is 3. The van der Waals surface area contributed by atoms with Crippen LogP contribution in [0.25, 0.3) is 0 Å². The van der Waals surface area contributed by atoms with Crippen molar-refractivity contribution in [2.45, 2.75) is 25.3 Å². The highest BCUT2D eigenvalue weighted by Crippen LogP contribution is 2.29. The van der Waals surface area contributed by atoms with Gasteiger partial charge < -0.3 is 10.4 Å². The lowest BCUT2D eigenvalue weighted by Gasteiger charge is -2.28. The molecule has 0 heterocycles. The summed E-state index contributed by atoms with van der Waals surface area (Å²) in [5, 5.41) is 20.5. The zero-order chi connectivity index (χ0) is 12.4. The molecule has 0 radical (unpaired) electrons. The van der Waals surface area contributed by atoms with E-state index in [1.807, 2.05) is 0 Å². The number of hydrogen-bond acceptors (Lipinski definition) is 3. The lowest BCUT2D eigenvalue weighted by Crippen LogP contribution is -2.28. The number of carbonyl (C=O) groups is 1. The van der Waals surface area contributed by atoms with Crippen molar-refractivity contribution in [3.05, 3.63) is 29.1 Å². The van der Waals surface area contributed by atoms with Gasteiger partial charge in [-0.05, 0) is 31.4 Å². The van der Waals surface area contributed by atoms with E-state index in [9.17, 15) is 9.18 Å². The van der Waals surface area contributed by atoms with Crippen LogP contribution in [-0.2, 0) is 0 Å². The van der Waals surface area contributed by atoms with Gasteiger partial charge in [0.15, 0.2) is 5.82 Å². The fraction of sp³-hybridized carbons (Fsp3) is 0.333. The van der Waals surface area contributed by atoms with Crippen LogP contribution in [0.2, 0.25) is 0 Å². The molecule has 1 aliphatic carbocycles. The van der Waals surface area contributed by atoms with Gasteiger partial charge in [0.25, 0.3) is 0 Å². The lowest BCUT2D eigenvalue weighted by molar-refractivity contribution is 0.0697. The van der Waals surface area contributed by atoms with Crippen molar-refractivity contribution in [3.63, 3.8) is 0 Å². The summed E-state index contributed by atoms with van der Waals surface area (Å²) in [5.41, 5.74) is -0.341. The second-order valence-electron chi connectivity index (χ2n) is 4.04. The molecule has 0 unspecified atom stereocenters. The molecule has 0 saturated heterocycles. The largest absolute Gasteiger partial charge is 0.478 e. The zero-order valence-corrected chi connectivity index (χ0v) is 9.03. The standard InChI is InChI=1S/C12H11FN2O2/c13-10-7(6-14)4-5-9(12(16)17)11(10)15-8-2-1-3-8/h4-5,8,15H,1-3H2,(H,16,17). The SMILES string of the molecule is N#Cc1ccc(C(=O)O)c(NC2CCC2)c1F. The van der Waals surface area contributed by atoms with Gasteiger partial charge in [0.1, 0.15) is 6.07 Å². The molecular formula is C12H11FN2O2. The Morgan fingerprint density at radius 3 is 2.71 bits per heavy atom. The van der Waals surface area contributed by atoms with Crippen LogP contribution in [0, 0.1) is 17.1 Å². The molecule has 1 aliphatic rings. The van der Waals surface area contributed by atoms with Gasteiger partial charge in [-0.25, -0.2) is 9.18 Å². The maximum Gasteiger partial charge on any atom is 0.337 e. The van der Waals surface area contributed by atoms with E-state index in [1.54, 1.807) is 6.07 Å². The minimum atomic E-state index is -1.20. The van der Waals surface area contributed by atoms with E-state index in [0.29, 0.717) is 0 Å². The van der Waals surface area contributed by atoms with Gasteiger partial charge in [0, 0.05) is 6.04 Å². The number of nitrogens with one attached hydrogen (secondary N) is 1. The highest BCUT2D eigenvalue weighted by Gasteiger charge is 2.23. The van der Waals surface area contributed by atoms with Gasteiger partial charge in [-0.15, -0.1) is 0 Å². The Balaban J connectivity index is 2.43. The van der Waals surface area contributed by atoms with Crippen LogP contribution in [0.4, 0.5) is 10.1 Å².